The molecule has 0 bridgehead atoms. The van der Waals surface area contributed by atoms with E-state index >= 15 is 0 Å². The maximum Gasteiger partial charge on any atom is 0.126 e. The van der Waals surface area contributed by atoms with Crippen molar-refractivity contribution in [2.75, 3.05) is 19.1 Å². The van der Waals surface area contributed by atoms with Gasteiger partial charge in [0, 0.05) is 30.4 Å². The predicted octanol–water partition coefficient (Wildman–Crippen LogP) is 3.29. The molecule has 0 aliphatic carbocycles. The van der Waals surface area contributed by atoms with Crippen LogP contribution in [0.4, 0.5) is 5.69 Å². The quantitative estimate of drug-likeness (QED) is 0.909. The molecular weight excluding hydrogens is 254 g/mol. The monoisotopic (exact) mass is 275 g/mol. The van der Waals surface area contributed by atoms with Crippen molar-refractivity contribution in [3.05, 3.63) is 47.4 Å². The summed E-state index contributed by atoms with van der Waals surface area (Å²) < 4.78 is 10.7. The number of aliphatic hydroxyl groups is 1. The number of hydrogen-bond acceptors (Lipinski definition) is 4. The summed E-state index contributed by atoms with van der Waals surface area (Å²) in [5.74, 6) is 1.62. The number of benzene rings is 1. The molecule has 0 saturated heterocycles. The van der Waals surface area contributed by atoms with Crippen molar-refractivity contribution in [3.8, 4) is 5.75 Å². The van der Waals surface area contributed by atoms with E-state index in [-0.39, 0.29) is 0 Å². The molecule has 0 radical (unpaired) electrons. The lowest BCUT2D eigenvalue weighted by molar-refractivity contribution is 0.194. The number of aryl methyl sites for hydroxylation is 1. The van der Waals surface area contributed by atoms with Crippen molar-refractivity contribution in [2.45, 2.75) is 26.5 Å². The molecule has 20 heavy (non-hydrogen) atoms. The summed E-state index contributed by atoms with van der Waals surface area (Å²) >= 11 is 0. The highest BCUT2D eigenvalue weighted by Crippen LogP contribution is 2.34. The molecule has 0 amide bonds. The van der Waals surface area contributed by atoms with Crippen molar-refractivity contribution in [2.24, 2.45) is 0 Å². The lowest BCUT2D eigenvalue weighted by Crippen LogP contribution is -2.19. The number of methoxy groups -OCH3 is 1. The second-order valence-electron chi connectivity index (χ2n) is 4.93. The SMILES string of the molecule is COc1cccc(N(C)Cc2ccoc2C)c1[C@H](C)O. The Balaban J connectivity index is 2.34. The van der Waals surface area contributed by atoms with Gasteiger partial charge in [0.1, 0.15) is 11.5 Å². The molecule has 2 rings (SSSR count). The van der Waals surface area contributed by atoms with Crippen LogP contribution in [0.15, 0.2) is 34.9 Å². The van der Waals surface area contributed by atoms with Gasteiger partial charge in [0.25, 0.3) is 0 Å². The van der Waals surface area contributed by atoms with Gasteiger partial charge in [-0.2, -0.15) is 0 Å². The minimum Gasteiger partial charge on any atom is -0.496 e. The van der Waals surface area contributed by atoms with E-state index in [1.807, 2.05) is 38.2 Å². The van der Waals surface area contributed by atoms with Crippen LogP contribution in [0.25, 0.3) is 0 Å². The largest absolute Gasteiger partial charge is 0.496 e. The van der Waals surface area contributed by atoms with Crippen LogP contribution >= 0.6 is 0 Å². The lowest BCUT2D eigenvalue weighted by Gasteiger charge is -2.25. The molecule has 1 heterocycles. The van der Waals surface area contributed by atoms with E-state index in [9.17, 15) is 5.11 Å². The summed E-state index contributed by atoms with van der Waals surface area (Å²) in [7, 11) is 3.61. The van der Waals surface area contributed by atoms with Crippen LogP contribution in [-0.2, 0) is 6.54 Å². The van der Waals surface area contributed by atoms with Gasteiger partial charge in [-0.15, -0.1) is 0 Å². The molecule has 0 spiro atoms. The van der Waals surface area contributed by atoms with Gasteiger partial charge in [-0.1, -0.05) is 6.07 Å². The molecule has 1 aromatic heterocycles. The Morgan fingerprint density at radius 1 is 1.35 bits per heavy atom. The average Bonchev–Trinajstić information content (AvgIpc) is 2.83. The summed E-state index contributed by atoms with van der Waals surface area (Å²) in [5.41, 5.74) is 2.89. The second kappa shape index (κ2) is 6.01. The maximum absolute atomic E-state index is 10.0. The highest BCUT2D eigenvalue weighted by atomic mass is 16.5. The van der Waals surface area contributed by atoms with E-state index in [2.05, 4.69) is 4.90 Å². The first-order valence-corrected chi connectivity index (χ1v) is 6.63. The van der Waals surface area contributed by atoms with Crippen LogP contribution in [0.3, 0.4) is 0 Å². The Labute approximate surface area is 119 Å². The summed E-state index contributed by atoms with van der Waals surface area (Å²) in [4.78, 5) is 2.09. The predicted molar refractivity (Wildman–Crippen MR) is 79.2 cm³/mol. The number of anilines is 1. The Kier molecular flexibility index (Phi) is 4.35. The number of rotatable bonds is 5. The number of ether oxygens (including phenoxy) is 1. The van der Waals surface area contributed by atoms with Gasteiger partial charge in [-0.3, -0.25) is 0 Å². The number of nitrogens with zero attached hydrogens (tertiary/aromatic N) is 1. The van der Waals surface area contributed by atoms with Crippen LogP contribution in [0.2, 0.25) is 0 Å². The zero-order valence-corrected chi connectivity index (χ0v) is 12.4. The zero-order valence-electron chi connectivity index (χ0n) is 12.4. The molecule has 1 atom stereocenters. The normalized spacial score (nSPS) is 12.2. The molecule has 1 aromatic carbocycles. The van der Waals surface area contributed by atoms with Crippen molar-refractivity contribution < 1.29 is 14.3 Å². The van der Waals surface area contributed by atoms with E-state index in [1.54, 1.807) is 20.3 Å². The molecular formula is C16H21NO3. The third kappa shape index (κ3) is 2.80. The molecule has 0 aliphatic heterocycles. The Bertz CT molecular complexity index is 575. The van der Waals surface area contributed by atoms with Crippen molar-refractivity contribution >= 4 is 5.69 Å². The van der Waals surface area contributed by atoms with E-state index in [0.717, 1.165) is 29.1 Å². The fraction of sp³-hybridized carbons (Fsp3) is 0.375. The van der Waals surface area contributed by atoms with Crippen LogP contribution in [0, 0.1) is 6.92 Å². The van der Waals surface area contributed by atoms with Crippen molar-refractivity contribution in [1.82, 2.24) is 0 Å². The number of aliphatic hydroxyl groups excluding tert-OH is 1. The zero-order chi connectivity index (χ0) is 14.7. The van der Waals surface area contributed by atoms with Crippen LogP contribution in [0.1, 0.15) is 29.9 Å². The third-order valence-corrected chi connectivity index (χ3v) is 3.47. The molecule has 2 aromatic rings. The van der Waals surface area contributed by atoms with Crippen molar-refractivity contribution in [1.29, 1.82) is 0 Å². The number of furan rings is 1. The maximum atomic E-state index is 10.0. The van der Waals surface area contributed by atoms with Gasteiger partial charge in [0.15, 0.2) is 0 Å². The first-order valence-electron chi connectivity index (χ1n) is 6.63. The fourth-order valence-electron chi connectivity index (χ4n) is 2.38. The van der Waals surface area contributed by atoms with Gasteiger partial charge in [0.2, 0.25) is 0 Å². The highest BCUT2D eigenvalue weighted by molar-refractivity contribution is 5.60. The van der Waals surface area contributed by atoms with E-state index in [1.165, 1.54) is 0 Å². The smallest absolute Gasteiger partial charge is 0.126 e. The van der Waals surface area contributed by atoms with Gasteiger partial charge >= 0.3 is 0 Å². The second-order valence-corrected chi connectivity index (χ2v) is 4.93. The van der Waals surface area contributed by atoms with Gasteiger partial charge in [0.05, 0.1) is 19.5 Å². The minimum atomic E-state index is -0.589. The average molecular weight is 275 g/mol. The number of hydrogen-bond donors (Lipinski definition) is 1. The summed E-state index contributed by atoms with van der Waals surface area (Å²) in [6.45, 7) is 4.41. The summed E-state index contributed by atoms with van der Waals surface area (Å²) in [6, 6.07) is 7.75. The third-order valence-electron chi connectivity index (χ3n) is 3.47. The molecule has 108 valence electrons. The first kappa shape index (κ1) is 14.5. The fourth-order valence-corrected chi connectivity index (χ4v) is 2.38. The first-order chi connectivity index (χ1) is 9.54. The Morgan fingerprint density at radius 3 is 2.65 bits per heavy atom. The lowest BCUT2D eigenvalue weighted by atomic mass is 10.1. The van der Waals surface area contributed by atoms with Gasteiger partial charge < -0.3 is 19.2 Å². The standard InChI is InChI=1S/C16H21NO3/c1-11(18)16-14(6-5-7-15(16)19-4)17(3)10-13-8-9-20-12(13)2/h5-9,11,18H,10H2,1-4H3/t11-/m0/s1. The molecule has 0 saturated carbocycles. The molecule has 1 N–H and O–H groups in total. The molecule has 0 unspecified atom stereocenters. The van der Waals surface area contributed by atoms with E-state index in [4.69, 9.17) is 9.15 Å². The van der Waals surface area contributed by atoms with Crippen LogP contribution < -0.4 is 9.64 Å². The summed E-state index contributed by atoms with van der Waals surface area (Å²) in [5, 5.41) is 10.0. The molecule has 0 aliphatic rings. The molecule has 4 heteroatoms. The van der Waals surface area contributed by atoms with Gasteiger partial charge in [-0.05, 0) is 32.0 Å². The van der Waals surface area contributed by atoms with Crippen LogP contribution in [-0.4, -0.2) is 19.3 Å². The Hall–Kier alpha value is -1.94. The molecule has 4 nitrogen and oxygen atoms in total. The molecule has 0 fully saturated rings. The van der Waals surface area contributed by atoms with E-state index in [0.29, 0.717) is 5.75 Å². The van der Waals surface area contributed by atoms with Crippen LogP contribution in [0.5, 0.6) is 5.75 Å². The Morgan fingerprint density at radius 2 is 2.10 bits per heavy atom. The van der Waals surface area contributed by atoms with E-state index < -0.39 is 6.10 Å². The highest BCUT2D eigenvalue weighted by Gasteiger charge is 2.17. The topological polar surface area (TPSA) is 45.8 Å². The minimum absolute atomic E-state index is 0.589. The van der Waals surface area contributed by atoms with Crippen molar-refractivity contribution in [3.63, 3.8) is 0 Å². The summed E-state index contributed by atoms with van der Waals surface area (Å²) in [6.07, 6.45) is 1.11. The van der Waals surface area contributed by atoms with Gasteiger partial charge in [-0.25, -0.2) is 0 Å².